The molecular formula is C13H23N5O. The summed E-state index contributed by atoms with van der Waals surface area (Å²) in [4.78, 5) is 18.7. The third-order valence-electron chi connectivity index (χ3n) is 4.06. The fourth-order valence-electron chi connectivity index (χ4n) is 2.77. The Hall–Kier alpha value is -1.43. The average molecular weight is 265 g/mol. The van der Waals surface area contributed by atoms with Crippen molar-refractivity contribution in [2.75, 3.05) is 20.1 Å². The lowest BCUT2D eigenvalue weighted by Crippen LogP contribution is -2.47. The standard InChI is InChI=1S/C13H23N5O/c1-4-13(5-7-14-8-6-13)12(19)18(3)9-11-15-10(2)16-17-11/h14H,4-9H2,1-3H3,(H,15,16,17). The lowest BCUT2D eigenvalue weighted by atomic mass is 9.75. The molecule has 2 heterocycles. The van der Waals surface area contributed by atoms with Gasteiger partial charge in [0.05, 0.1) is 12.0 Å². The van der Waals surface area contributed by atoms with Gasteiger partial charge in [0.1, 0.15) is 5.82 Å². The van der Waals surface area contributed by atoms with Gasteiger partial charge in [0, 0.05) is 7.05 Å². The molecule has 1 aromatic heterocycles. The van der Waals surface area contributed by atoms with Gasteiger partial charge < -0.3 is 10.2 Å². The Morgan fingerprint density at radius 1 is 1.42 bits per heavy atom. The van der Waals surface area contributed by atoms with Gasteiger partial charge in [-0.1, -0.05) is 6.92 Å². The molecule has 6 heteroatoms. The quantitative estimate of drug-likeness (QED) is 0.846. The Morgan fingerprint density at radius 3 is 2.63 bits per heavy atom. The van der Waals surface area contributed by atoms with Crippen LogP contribution < -0.4 is 5.32 Å². The number of nitrogens with one attached hydrogen (secondary N) is 2. The number of aryl methyl sites for hydroxylation is 1. The summed E-state index contributed by atoms with van der Waals surface area (Å²) < 4.78 is 0. The van der Waals surface area contributed by atoms with Gasteiger partial charge in [-0.15, -0.1) is 0 Å². The molecule has 2 rings (SSSR count). The molecule has 1 fully saturated rings. The lowest BCUT2D eigenvalue weighted by Gasteiger charge is -2.38. The van der Waals surface area contributed by atoms with Crippen LogP contribution >= 0.6 is 0 Å². The Kier molecular flexibility index (Phi) is 4.19. The number of nitrogens with zero attached hydrogens (tertiary/aromatic N) is 3. The Labute approximate surface area is 114 Å². The van der Waals surface area contributed by atoms with Crippen molar-refractivity contribution < 1.29 is 4.79 Å². The minimum atomic E-state index is -0.203. The molecule has 6 nitrogen and oxygen atoms in total. The molecule has 0 saturated carbocycles. The highest BCUT2D eigenvalue weighted by molar-refractivity contribution is 5.82. The van der Waals surface area contributed by atoms with Gasteiger partial charge in [-0.05, 0) is 39.3 Å². The van der Waals surface area contributed by atoms with Crippen molar-refractivity contribution in [2.45, 2.75) is 39.7 Å². The van der Waals surface area contributed by atoms with Crippen LogP contribution in [-0.2, 0) is 11.3 Å². The predicted octanol–water partition coefficient (Wildman–Crippen LogP) is 0.851. The SMILES string of the molecule is CCC1(C(=O)N(C)Cc2n[nH]c(C)n2)CCNCC1. The molecule has 1 aliphatic rings. The second kappa shape index (κ2) is 5.69. The van der Waals surface area contributed by atoms with E-state index in [4.69, 9.17) is 0 Å². The van der Waals surface area contributed by atoms with Gasteiger partial charge >= 0.3 is 0 Å². The third-order valence-corrected chi connectivity index (χ3v) is 4.06. The van der Waals surface area contributed by atoms with Crippen molar-refractivity contribution in [3.63, 3.8) is 0 Å². The fraction of sp³-hybridized carbons (Fsp3) is 0.769. The van der Waals surface area contributed by atoms with Crippen LogP contribution in [0.3, 0.4) is 0 Å². The maximum atomic E-state index is 12.7. The summed E-state index contributed by atoms with van der Waals surface area (Å²) in [5.74, 6) is 1.68. The fourth-order valence-corrected chi connectivity index (χ4v) is 2.77. The van der Waals surface area contributed by atoms with Crippen LogP contribution in [0.25, 0.3) is 0 Å². The summed E-state index contributed by atoms with van der Waals surface area (Å²) in [5, 5.41) is 10.2. The zero-order valence-electron chi connectivity index (χ0n) is 12.0. The molecule has 0 aromatic carbocycles. The molecule has 1 saturated heterocycles. The number of H-pyrrole nitrogens is 1. The van der Waals surface area contributed by atoms with E-state index in [1.165, 1.54) is 0 Å². The van der Waals surface area contributed by atoms with Gasteiger partial charge in [0.25, 0.3) is 0 Å². The van der Waals surface area contributed by atoms with E-state index in [-0.39, 0.29) is 11.3 Å². The highest BCUT2D eigenvalue weighted by atomic mass is 16.2. The van der Waals surface area contributed by atoms with Crippen LogP contribution in [-0.4, -0.2) is 46.1 Å². The van der Waals surface area contributed by atoms with Gasteiger partial charge in [0.15, 0.2) is 5.82 Å². The van der Waals surface area contributed by atoms with Crippen molar-refractivity contribution >= 4 is 5.91 Å². The zero-order chi connectivity index (χ0) is 13.9. The molecule has 1 aliphatic heterocycles. The van der Waals surface area contributed by atoms with E-state index in [1.807, 2.05) is 14.0 Å². The van der Waals surface area contributed by atoms with Crippen molar-refractivity contribution in [3.05, 3.63) is 11.6 Å². The molecule has 106 valence electrons. The highest BCUT2D eigenvalue weighted by Crippen LogP contribution is 2.34. The summed E-state index contributed by atoms with van der Waals surface area (Å²) in [6.45, 7) is 6.28. The van der Waals surface area contributed by atoms with Gasteiger partial charge in [-0.3, -0.25) is 9.89 Å². The largest absolute Gasteiger partial charge is 0.338 e. The Bertz CT molecular complexity index is 436. The third kappa shape index (κ3) is 2.94. The normalized spacial score (nSPS) is 18.3. The van der Waals surface area contributed by atoms with Crippen LogP contribution in [0.15, 0.2) is 0 Å². The molecule has 1 amide bonds. The molecule has 0 radical (unpaired) electrons. The minimum absolute atomic E-state index is 0.203. The predicted molar refractivity (Wildman–Crippen MR) is 72.4 cm³/mol. The number of hydrogen-bond acceptors (Lipinski definition) is 4. The number of aromatic amines is 1. The summed E-state index contributed by atoms with van der Waals surface area (Å²) in [6.07, 6.45) is 2.73. The highest BCUT2D eigenvalue weighted by Gasteiger charge is 2.39. The summed E-state index contributed by atoms with van der Waals surface area (Å²) in [5.41, 5.74) is -0.203. The van der Waals surface area contributed by atoms with Gasteiger partial charge in [-0.2, -0.15) is 5.10 Å². The van der Waals surface area contributed by atoms with Crippen molar-refractivity contribution in [1.82, 2.24) is 25.4 Å². The van der Waals surface area contributed by atoms with Gasteiger partial charge in [-0.25, -0.2) is 4.98 Å². The van der Waals surface area contributed by atoms with Crippen molar-refractivity contribution in [3.8, 4) is 0 Å². The minimum Gasteiger partial charge on any atom is -0.338 e. The second-order valence-electron chi connectivity index (χ2n) is 5.38. The van der Waals surface area contributed by atoms with E-state index in [9.17, 15) is 4.79 Å². The molecule has 0 bridgehead atoms. The summed E-state index contributed by atoms with van der Waals surface area (Å²) in [6, 6.07) is 0. The Morgan fingerprint density at radius 2 is 2.11 bits per heavy atom. The average Bonchev–Trinajstić information content (AvgIpc) is 2.84. The number of amides is 1. The molecule has 19 heavy (non-hydrogen) atoms. The first-order valence-corrected chi connectivity index (χ1v) is 6.91. The lowest BCUT2D eigenvalue weighted by molar-refractivity contribution is -0.143. The topological polar surface area (TPSA) is 73.9 Å². The first kappa shape index (κ1) is 14.0. The smallest absolute Gasteiger partial charge is 0.229 e. The number of rotatable bonds is 4. The van der Waals surface area contributed by atoms with E-state index < -0.39 is 0 Å². The monoisotopic (exact) mass is 265 g/mol. The van der Waals surface area contributed by atoms with Crippen LogP contribution in [0.5, 0.6) is 0 Å². The molecule has 0 atom stereocenters. The number of piperidine rings is 1. The summed E-state index contributed by atoms with van der Waals surface area (Å²) >= 11 is 0. The van der Waals surface area contributed by atoms with E-state index in [1.54, 1.807) is 4.90 Å². The first-order chi connectivity index (χ1) is 9.07. The van der Waals surface area contributed by atoms with Crippen LogP contribution in [0.4, 0.5) is 0 Å². The van der Waals surface area contributed by atoms with Crippen LogP contribution in [0.1, 0.15) is 37.8 Å². The van der Waals surface area contributed by atoms with E-state index in [0.29, 0.717) is 12.4 Å². The maximum Gasteiger partial charge on any atom is 0.229 e. The van der Waals surface area contributed by atoms with E-state index in [0.717, 1.165) is 38.2 Å². The van der Waals surface area contributed by atoms with E-state index in [2.05, 4.69) is 27.4 Å². The molecule has 0 spiro atoms. The summed E-state index contributed by atoms with van der Waals surface area (Å²) in [7, 11) is 1.84. The number of carbonyl (C=O) groups excluding carboxylic acids is 1. The molecule has 0 unspecified atom stereocenters. The van der Waals surface area contributed by atoms with E-state index >= 15 is 0 Å². The van der Waals surface area contributed by atoms with Gasteiger partial charge in [0.2, 0.25) is 5.91 Å². The maximum absolute atomic E-state index is 12.7. The number of aromatic nitrogens is 3. The Balaban J connectivity index is 2.04. The molecule has 1 aromatic rings. The van der Waals surface area contributed by atoms with Crippen molar-refractivity contribution in [1.29, 1.82) is 0 Å². The number of carbonyl (C=O) groups is 1. The van der Waals surface area contributed by atoms with Crippen LogP contribution in [0, 0.1) is 12.3 Å². The van der Waals surface area contributed by atoms with Crippen LogP contribution in [0.2, 0.25) is 0 Å². The number of hydrogen-bond donors (Lipinski definition) is 2. The molecule has 0 aliphatic carbocycles. The van der Waals surface area contributed by atoms with Crippen molar-refractivity contribution in [2.24, 2.45) is 5.41 Å². The molecule has 2 N–H and O–H groups in total. The first-order valence-electron chi connectivity index (χ1n) is 6.91. The second-order valence-corrected chi connectivity index (χ2v) is 5.38. The zero-order valence-corrected chi connectivity index (χ0v) is 12.0. The molecular weight excluding hydrogens is 242 g/mol.